The number of hydrogen-bond donors (Lipinski definition) is 0. The van der Waals surface area contributed by atoms with Crippen LogP contribution in [0.2, 0.25) is 0 Å². The first kappa shape index (κ1) is 33.3. The van der Waals surface area contributed by atoms with Gasteiger partial charge in [-0.1, -0.05) is 99.8 Å². The summed E-state index contributed by atoms with van der Waals surface area (Å²) in [5, 5.41) is 3.93. The van der Waals surface area contributed by atoms with Gasteiger partial charge in [0.2, 0.25) is 0 Å². The van der Waals surface area contributed by atoms with Crippen LogP contribution in [0.25, 0.3) is 0 Å². The number of unbranched alkanes of at least 4 members (excludes halogenated alkanes) is 1. The average molecular weight is 452 g/mol. The fourth-order valence-corrected chi connectivity index (χ4v) is 4.54. The molecule has 3 fully saturated rings. The summed E-state index contributed by atoms with van der Waals surface area (Å²) in [7, 11) is 4.18. The van der Waals surface area contributed by atoms with Crippen LogP contribution in [0.1, 0.15) is 125 Å². The Labute approximate surface area is 203 Å². The maximum Gasteiger partial charge on any atom is 0.0518 e. The van der Waals surface area contributed by atoms with E-state index in [1.54, 1.807) is 4.68 Å². The first-order valence-electron chi connectivity index (χ1n) is 14.1. The SMILES string of the molecule is CC.CC.CC1CCCCC1.CCCC.CN1CC2CCCC(C2)C1.Cc1cnn(C)c1. The Hall–Kier alpha value is -0.830. The second-order valence-corrected chi connectivity index (χ2v) is 9.55. The summed E-state index contributed by atoms with van der Waals surface area (Å²) in [6.07, 6.45) is 19.9. The molecule has 0 radical (unpaired) electrons. The van der Waals surface area contributed by atoms with Crippen molar-refractivity contribution < 1.29 is 0 Å². The number of likely N-dealkylation sites (tertiary alicyclic amines) is 1. The van der Waals surface area contributed by atoms with Gasteiger partial charge in [0.05, 0.1) is 6.20 Å². The lowest BCUT2D eigenvalue weighted by Gasteiger charge is -2.39. The Kier molecular flexibility index (Phi) is 24.3. The van der Waals surface area contributed by atoms with Gasteiger partial charge in [-0.15, -0.1) is 0 Å². The van der Waals surface area contributed by atoms with E-state index in [-0.39, 0.29) is 0 Å². The van der Waals surface area contributed by atoms with E-state index < -0.39 is 0 Å². The molecule has 32 heavy (non-hydrogen) atoms. The second kappa shape index (κ2) is 23.3. The van der Waals surface area contributed by atoms with E-state index in [0.29, 0.717) is 0 Å². The van der Waals surface area contributed by atoms with Gasteiger partial charge in [0, 0.05) is 26.3 Å². The van der Waals surface area contributed by atoms with Crippen LogP contribution < -0.4 is 0 Å². The lowest BCUT2D eigenvalue weighted by atomic mass is 9.78. The van der Waals surface area contributed by atoms with Crippen LogP contribution in [0.5, 0.6) is 0 Å². The molecule has 3 heteroatoms. The van der Waals surface area contributed by atoms with Gasteiger partial charge in [0.15, 0.2) is 0 Å². The number of piperidine rings is 1. The molecule has 192 valence electrons. The van der Waals surface area contributed by atoms with Crippen LogP contribution in [0.15, 0.2) is 12.4 Å². The Morgan fingerprint density at radius 2 is 1.31 bits per heavy atom. The van der Waals surface area contributed by atoms with Crippen LogP contribution in [0.3, 0.4) is 0 Å². The number of hydrogen-bond acceptors (Lipinski definition) is 2. The third kappa shape index (κ3) is 18.7. The zero-order valence-electron chi connectivity index (χ0n) is 23.9. The molecule has 4 rings (SSSR count). The van der Waals surface area contributed by atoms with Gasteiger partial charge < -0.3 is 4.90 Å². The van der Waals surface area contributed by atoms with E-state index in [0.717, 1.165) is 17.8 Å². The van der Waals surface area contributed by atoms with Crippen molar-refractivity contribution in [3.63, 3.8) is 0 Å². The third-order valence-electron chi connectivity index (χ3n) is 6.26. The molecule has 2 aliphatic carbocycles. The fraction of sp³-hybridized carbons (Fsp3) is 0.897. The quantitative estimate of drug-likeness (QED) is 0.425. The number of fused-ring (bicyclic) bond motifs is 2. The lowest BCUT2D eigenvalue weighted by Crippen LogP contribution is -2.40. The Morgan fingerprint density at radius 1 is 0.812 bits per heavy atom. The topological polar surface area (TPSA) is 21.1 Å². The van der Waals surface area contributed by atoms with Gasteiger partial charge in [-0.05, 0) is 56.6 Å². The van der Waals surface area contributed by atoms with Gasteiger partial charge in [0.25, 0.3) is 0 Å². The first-order valence-corrected chi connectivity index (χ1v) is 14.1. The predicted molar refractivity (Wildman–Crippen MR) is 146 cm³/mol. The van der Waals surface area contributed by atoms with Gasteiger partial charge in [-0.25, -0.2) is 0 Å². The van der Waals surface area contributed by atoms with E-state index in [4.69, 9.17) is 0 Å². The highest BCUT2D eigenvalue weighted by Crippen LogP contribution is 2.33. The second-order valence-electron chi connectivity index (χ2n) is 9.55. The summed E-state index contributed by atoms with van der Waals surface area (Å²) in [5.74, 6) is 3.14. The summed E-state index contributed by atoms with van der Waals surface area (Å²) in [6.45, 7) is 19.5. The standard InChI is InChI=1S/C9H17N.C7H14.C5H8N2.C4H10.2C2H6/c1-10-6-8-3-2-4-9(5-8)7-10;1-7-5-3-2-4-6-7;1-5-3-6-7(2)4-5;1-3-4-2;2*1-2/h8-9H,2-7H2,1H3;7H,2-6H2,1H3;3-4H,1-2H3;3-4H2,1-2H3;2*1-2H3. The summed E-state index contributed by atoms with van der Waals surface area (Å²) in [5.41, 5.74) is 1.21. The molecular formula is C29H61N3. The van der Waals surface area contributed by atoms with Crippen molar-refractivity contribution >= 4 is 0 Å². The maximum atomic E-state index is 3.93. The van der Waals surface area contributed by atoms with Crippen molar-refractivity contribution in [2.75, 3.05) is 20.1 Å². The number of aromatic nitrogens is 2. The van der Waals surface area contributed by atoms with Crippen LogP contribution in [-0.2, 0) is 7.05 Å². The van der Waals surface area contributed by atoms with Gasteiger partial charge >= 0.3 is 0 Å². The molecule has 3 aliphatic rings. The van der Waals surface area contributed by atoms with Crippen molar-refractivity contribution in [3.05, 3.63) is 18.0 Å². The van der Waals surface area contributed by atoms with E-state index in [9.17, 15) is 0 Å². The van der Waals surface area contributed by atoms with Gasteiger partial charge in [0.1, 0.15) is 0 Å². The molecule has 1 aromatic heterocycles. The van der Waals surface area contributed by atoms with Crippen molar-refractivity contribution in [2.45, 2.75) is 126 Å². The molecule has 0 aromatic carbocycles. The minimum atomic E-state index is 1.04. The molecule has 1 aromatic rings. The van der Waals surface area contributed by atoms with Crippen molar-refractivity contribution in [1.82, 2.24) is 14.7 Å². The highest BCUT2D eigenvalue weighted by molar-refractivity contribution is 4.98. The smallest absolute Gasteiger partial charge is 0.0518 e. The molecule has 2 atom stereocenters. The summed E-state index contributed by atoms with van der Waals surface area (Å²) < 4.78 is 1.79. The molecule has 1 saturated heterocycles. The Balaban J connectivity index is 0. The largest absolute Gasteiger partial charge is 0.306 e. The van der Waals surface area contributed by atoms with E-state index in [2.05, 4.69) is 37.8 Å². The lowest BCUT2D eigenvalue weighted by molar-refractivity contribution is 0.107. The molecular weight excluding hydrogens is 390 g/mol. The minimum absolute atomic E-state index is 1.04. The average Bonchev–Trinajstić information content (AvgIpc) is 3.20. The van der Waals surface area contributed by atoms with Crippen LogP contribution >= 0.6 is 0 Å². The molecule has 0 amide bonds. The molecule has 0 spiro atoms. The van der Waals surface area contributed by atoms with E-state index in [1.807, 2.05) is 54.1 Å². The molecule has 2 saturated carbocycles. The fourth-order valence-electron chi connectivity index (χ4n) is 4.54. The first-order chi connectivity index (χ1) is 15.4. The number of aryl methyl sites for hydroxylation is 2. The number of nitrogens with zero attached hydrogens (tertiary/aromatic N) is 3. The van der Waals surface area contributed by atoms with E-state index >= 15 is 0 Å². The predicted octanol–water partition coefficient (Wildman–Crippen LogP) is 8.91. The Bertz CT molecular complexity index is 442. The summed E-state index contributed by atoms with van der Waals surface area (Å²) in [6, 6.07) is 0. The number of rotatable bonds is 1. The highest BCUT2D eigenvalue weighted by atomic mass is 15.2. The minimum Gasteiger partial charge on any atom is -0.306 e. The van der Waals surface area contributed by atoms with Crippen LogP contribution in [0.4, 0.5) is 0 Å². The molecule has 0 N–H and O–H groups in total. The highest BCUT2D eigenvalue weighted by Gasteiger charge is 2.28. The normalized spacial score (nSPS) is 21.9. The van der Waals surface area contributed by atoms with Gasteiger partial charge in [-0.3, -0.25) is 4.68 Å². The molecule has 2 bridgehead atoms. The third-order valence-corrected chi connectivity index (χ3v) is 6.26. The zero-order valence-corrected chi connectivity index (χ0v) is 23.9. The molecule has 1 aliphatic heterocycles. The maximum absolute atomic E-state index is 3.93. The van der Waals surface area contributed by atoms with Crippen molar-refractivity contribution in [3.8, 4) is 0 Å². The monoisotopic (exact) mass is 451 g/mol. The Morgan fingerprint density at radius 3 is 1.59 bits per heavy atom. The molecule has 2 unspecified atom stereocenters. The summed E-state index contributed by atoms with van der Waals surface area (Å²) >= 11 is 0. The van der Waals surface area contributed by atoms with Crippen molar-refractivity contribution in [2.24, 2.45) is 24.8 Å². The van der Waals surface area contributed by atoms with Crippen LogP contribution in [-0.4, -0.2) is 34.8 Å². The van der Waals surface area contributed by atoms with Crippen molar-refractivity contribution in [1.29, 1.82) is 0 Å². The molecule has 3 nitrogen and oxygen atoms in total. The van der Waals surface area contributed by atoms with Crippen LogP contribution in [0, 0.1) is 24.7 Å². The molecule has 2 heterocycles. The zero-order chi connectivity index (χ0) is 24.8. The van der Waals surface area contributed by atoms with E-state index in [1.165, 1.54) is 89.3 Å². The van der Waals surface area contributed by atoms with Gasteiger partial charge in [-0.2, -0.15) is 5.10 Å². The summed E-state index contributed by atoms with van der Waals surface area (Å²) in [4.78, 5) is 2.51.